The molecule has 0 saturated heterocycles. The summed E-state index contributed by atoms with van der Waals surface area (Å²) in [6, 6.07) is 0. The van der Waals surface area contributed by atoms with Crippen LogP contribution in [-0.4, -0.2) is 79.3 Å². The van der Waals surface area contributed by atoms with E-state index in [1.165, 1.54) is 12.8 Å². The van der Waals surface area contributed by atoms with Crippen LogP contribution in [0.15, 0.2) is 0 Å². The molecule has 6 heteroatoms. The summed E-state index contributed by atoms with van der Waals surface area (Å²) < 4.78 is 31.8. The third-order valence-corrected chi connectivity index (χ3v) is 3.47. The monoisotopic (exact) mass is 408 g/mol. The van der Waals surface area contributed by atoms with Gasteiger partial charge < -0.3 is 28.4 Å². The van der Waals surface area contributed by atoms with Crippen molar-refractivity contribution < 1.29 is 28.4 Å². The molecule has 0 aliphatic heterocycles. The highest BCUT2D eigenvalue weighted by atomic mass is 16.5. The van der Waals surface area contributed by atoms with Crippen molar-refractivity contribution in [3.63, 3.8) is 0 Å². The molecule has 0 rings (SSSR count). The maximum Gasteiger partial charge on any atom is 0.0701 e. The molecule has 0 fully saturated rings. The summed E-state index contributed by atoms with van der Waals surface area (Å²) in [4.78, 5) is 0. The Hall–Kier alpha value is -0.240. The number of ether oxygens (including phenoxy) is 6. The van der Waals surface area contributed by atoms with Crippen LogP contribution in [0.2, 0.25) is 0 Å². The van der Waals surface area contributed by atoms with Gasteiger partial charge in [0.25, 0.3) is 0 Å². The highest BCUT2D eigenvalue weighted by Gasteiger charge is 1.91. The molecule has 0 bridgehead atoms. The van der Waals surface area contributed by atoms with Gasteiger partial charge in [-0.25, -0.2) is 0 Å². The zero-order valence-corrected chi connectivity index (χ0v) is 19.2. The second-order valence-corrected chi connectivity index (χ2v) is 6.38. The Morgan fingerprint density at radius 3 is 0.786 bits per heavy atom. The van der Waals surface area contributed by atoms with Crippen molar-refractivity contribution in [2.75, 3.05) is 79.3 Å². The Kier molecular flexibility index (Phi) is 33.7. The quantitative estimate of drug-likeness (QED) is 0.246. The van der Waals surface area contributed by atoms with E-state index in [0.29, 0.717) is 52.9 Å². The van der Waals surface area contributed by atoms with Gasteiger partial charge in [-0.05, 0) is 25.7 Å². The third-order valence-electron chi connectivity index (χ3n) is 3.47. The predicted octanol–water partition coefficient (Wildman–Crippen LogP) is 4.49. The first kappa shape index (κ1) is 30.0. The summed E-state index contributed by atoms with van der Waals surface area (Å²) in [6.07, 6.45) is 6.79. The molecule has 0 atom stereocenters. The molecule has 0 aromatic rings. The largest absolute Gasteiger partial charge is 0.379 e. The van der Waals surface area contributed by atoms with Crippen LogP contribution >= 0.6 is 0 Å². The van der Waals surface area contributed by atoms with E-state index in [4.69, 9.17) is 28.4 Å². The minimum Gasteiger partial charge on any atom is -0.379 e. The molecule has 28 heavy (non-hydrogen) atoms. The molecular formula is C22H48O6. The van der Waals surface area contributed by atoms with Crippen LogP contribution in [0.25, 0.3) is 0 Å². The Morgan fingerprint density at radius 1 is 0.286 bits per heavy atom. The molecule has 6 nitrogen and oxygen atoms in total. The van der Waals surface area contributed by atoms with Crippen molar-refractivity contribution in [3.8, 4) is 0 Å². The van der Waals surface area contributed by atoms with Crippen LogP contribution in [0.4, 0.5) is 0 Å². The fraction of sp³-hybridized carbons (Fsp3) is 1.00. The number of rotatable bonds is 22. The number of hydrogen-bond acceptors (Lipinski definition) is 6. The Balaban J connectivity index is 0. The summed E-state index contributed by atoms with van der Waals surface area (Å²) in [6.45, 7) is 17.4. The lowest BCUT2D eigenvalue weighted by molar-refractivity contribution is 0.0136. The summed E-state index contributed by atoms with van der Waals surface area (Å²) in [7, 11) is 0. The third kappa shape index (κ3) is 33.4. The van der Waals surface area contributed by atoms with E-state index in [-0.39, 0.29) is 0 Å². The zero-order chi connectivity index (χ0) is 21.0. The maximum absolute atomic E-state index is 5.35. The summed E-state index contributed by atoms with van der Waals surface area (Å²) >= 11 is 0. The van der Waals surface area contributed by atoms with Gasteiger partial charge in [0.15, 0.2) is 0 Å². The van der Waals surface area contributed by atoms with Crippen molar-refractivity contribution in [3.05, 3.63) is 0 Å². The SMILES string of the molecule is CCCCOCCOCCOCCCC.CCCOCCOCCOCCC. The Morgan fingerprint density at radius 2 is 0.536 bits per heavy atom. The molecule has 0 aliphatic rings. The van der Waals surface area contributed by atoms with Crippen LogP contribution in [0.1, 0.15) is 66.2 Å². The summed E-state index contributed by atoms with van der Waals surface area (Å²) in [5.41, 5.74) is 0. The summed E-state index contributed by atoms with van der Waals surface area (Å²) in [5.74, 6) is 0. The lowest BCUT2D eigenvalue weighted by atomic mass is 10.4. The van der Waals surface area contributed by atoms with Gasteiger partial charge >= 0.3 is 0 Å². The van der Waals surface area contributed by atoms with E-state index < -0.39 is 0 Å². The first-order valence-corrected chi connectivity index (χ1v) is 11.3. The molecule has 0 saturated carbocycles. The molecule has 172 valence electrons. The van der Waals surface area contributed by atoms with Crippen LogP contribution in [0.3, 0.4) is 0 Å². The second-order valence-electron chi connectivity index (χ2n) is 6.38. The average Bonchev–Trinajstić information content (AvgIpc) is 2.71. The molecule has 0 aromatic heterocycles. The van der Waals surface area contributed by atoms with Gasteiger partial charge in [0.2, 0.25) is 0 Å². The minimum absolute atomic E-state index is 0.676. The molecule has 0 radical (unpaired) electrons. The lowest BCUT2D eigenvalue weighted by Gasteiger charge is -2.06. The first-order valence-electron chi connectivity index (χ1n) is 11.3. The summed E-state index contributed by atoms with van der Waals surface area (Å²) in [5, 5.41) is 0. The standard InChI is InChI=1S/C12H26O3.C10H22O3/c1-3-5-7-13-9-11-15-12-10-14-8-6-4-2;1-3-5-11-7-9-13-10-8-12-6-4-2/h3-12H2,1-2H3;3-10H2,1-2H3. The van der Waals surface area contributed by atoms with E-state index in [1.807, 2.05) is 0 Å². The normalized spacial score (nSPS) is 10.7. The zero-order valence-electron chi connectivity index (χ0n) is 19.2. The average molecular weight is 409 g/mol. The van der Waals surface area contributed by atoms with Gasteiger partial charge in [-0.15, -0.1) is 0 Å². The second kappa shape index (κ2) is 31.5. The van der Waals surface area contributed by atoms with Gasteiger partial charge in [0.05, 0.1) is 52.9 Å². The van der Waals surface area contributed by atoms with Gasteiger partial charge in [-0.2, -0.15) is 0 Å². The molecular weight excluding hydrogens is 360 g/mol. The van der Waals surface area contributed by atoms with E-state index in [0.717, 1.165) is 52.1 Å². The topological polar surface area (TPSA) is 55.4 Å². The van der Waals surface area contributed by atoms with E-state index in [2.05, 4.69) is 27.7 Å². The molecule has 0 N–H and O–H groups in total. The smallest absolute Gasteiger partial charge is 0.0701 e. The van der Waals surface area contributed by atoms with Crippen LogP contribution in [0.5, 0.6) is 0 Å². The number of hydrogen-bond donors (Lipinski definition) is 0. The molecule has 0 spiro atoms. The van der Waals surface area contributed by atoms with E-state index in [1.54, 1.807) is 0 Å². The number of unbranched alkanes of at least 4 members (excludes halogenated alkanes) is 2. The lowest BCUT2D eigenvalue weighted by Crippen LogP contribution is -2.10. The van der Waals surface area contributed by atoms with Crippen LogP contribution in [-0.2, 0) is 28.4 Å². The highest BCUT2D eigenvalue weighted by Crippen LogP contribution is 1.89. The first-order chi connectivity index (χ1) is 13.8. The molecule has 0 aliphatic carbocycles. The van der Waals surface area contributed by atoms with E-state index in [9.17, 15) is 0 Å². The molecule has 0 amide bonds. The molecule has 0 heterocycles. The van der Waals surface area contributed by atoms with Crippen molar-refractivity contribution in [1.82, 2.24) is 0 Å². The molecule has 0 aromatic carbocycles. The Labute approximate surface area is 174 Å². The van der Waals surface area contributed by atoms with Crippen molar-refractivity contribution >= 4 is 0 Å². The van der Waals surface area contributed by atoms with Crippen molar-refractivity contribution in [1.29, 1.82) is 0 Å². The fourth-order valence-electron chi connectivity index (χ4n) is 1.87. The van der Waals surface area contributed by atoms with E-state index >= 15 is 0 Å². The van der Waals surface area contributed by atoms with Crippen molar-refractivity contribution in [2.45, 2.75) is 66.2 Å². The van der Waals surface area contributed by atoms with Gasteiger partial charge in [-0.1, -0.05) is 40.5 Å². The minimum atomic E-state index is 0.676. The van der Waals surface area contributed by atoms with Crippen LogP contribution < -0.4 is 0 Å². The highest BCUT2D eigenvalue weighted by molar-refractivity contribution is 4.36. The fourth-order valence-corrected chi connectivity index (χ4v) is 1.87. The maximum atomic E-state index is 5.35. The van der Waals surface area contributed by atoms with Gasteiger partial charge in [0.1, 0.15) is 0 Å². The van der Waals surface area contributed by atoms with Gasteiger partial charge in [-0.3, -0.25) is 0 Å². The van der Waals surface area contributed by atoms with Crippen molar-refractivity contribution in [2.24, 2.45) is 0 Å². The Bertz CT molecular complexity index is 219. The predicted molar refractivity (Wildman–Crippen MR) is 115 cm³/mol. The van der Waals surface area contributed by atoms with Gasteiger partial charge in [0, 0.05) is 26.4 Å². The molecule has 0 unspecified atom stereocenters. The van der Waals surface area contributed by atoms with Crippen LogP contribution in [0, 0.1) is 0 Å².